The van der Waals surface area contributed by atoms with E-state index in [1.165, 1.54) is 7.11 Å². The normalized spacial score (nSPS) is 10.8. The highest BCUT2D eigenvalue weighted by Gasteiger charge is 2.19. The van der Waals surface area contributed by atoms with Gasteiger partial charge in [0, 0.05) is 7.11 Å². The maximum atomic E-state index is 10.6. The number of aldehydes is 1. The zero-order chi connectivity index (χ0) is 8.91. The number of nitrogens with one attached hydrogen (secondary N) is 1. The van der Waals surface area contributed by atoms with Crippen molar-refractivity contribution in [3.05, 3.63) is 0 Å². The Kier molecular flexibility index (Phi) is 3.74. The summed E-state index contributed by atoms with van der Waals surface area (Å²) in [7, 11) is 1.54. The predicted octanol–water partition coefficient (Wildman–Crippen LogP) is -0.274. The van der Waals surface area contributed by atoms with Gasteiger partial charge in [-0.2, -0.15) is 0 Å². The molecule has 64 valence electrons. The van der Waals surface area contributed by atoms with Gasteiger partial charge < -0.3 is 10.1 Å². The van der Waals surface area contributed by atoms with Crippen LogP contribution in [0, 0.1) is 0 Å². The average molecular weight is 159 g/mol. The minimum Gasteiger partial charge on any atom is -0.382 e. The summed E-state index contributed by atoms with van der Waals surface area (Å²) in [6, 6.07) is 0. The van der Waals surface area contributed by atoms with Gasteiger partial charge in [-0.05, 0) is 13.8 Å². The van der Waals surface area contributed by atoms with Crippen LogP contribution in [0.5, 0.6) is 0 Å². The maximum absolute atomic E-state index is 10.6. The smallest absolute Gasteiger partial charge is 0.284 e. The first-order chi connectivity index (χ1) is 5.02. The van der Waals surface area contributed by atoms with Crippen LogP contribution in [0.25, 0.3) is 0 Å². The Morgan fingerprint density at radius 2 is 2.18 bits per heavy atom. The lowest BCUT2D eigenvalue weighted by molar-refractivity contribution is -0.132. The van der Waals surface area contributed by atoms with Gasteiger partial charge in [0.15, 0.2) is 0 Å². The van der Waals surface area contributed by atoms with E-state index in [0.29, 0.717) is 6.61 Å². The standard InChI is InChI=1S/C7H13NO3/c1-7(2,5-11-3)8-6(10)4-9/h4H,5H2,1-3H3,(H,8,10). The number of amides is 1. The zero-order valence-corrected chi connectivity index (χ0v) is 7.01. The van der Waals surface area contributed by atoms with Gasteiger partial charge in [0.2, 0.25) is 6.29 Å². The number of carbonyl (C=O) groups excluding carboxylic acids is 2. The minimum atomic E-state index is -0.618. The van der Waals surface area contributed by atoms with Crippen LogP contribution in [0.2, 0.25) is 0 Å². The molecule has 4 heteroatoms. The number of carbonyl (C=O) groups is 2. The summed E-state index contributed by atoms with van der Waals surface area (Å²) in [6.45, 7) is 3.93. The molecule has 0 aliphatic rings. The predicted molar refractivity (Wildman–Crippen MR) is 40.2 cm³/mol. The molecular weight excluding hydrogens is 146 g/mol. The van der Waals surface area contributed by atoms with Crippen molar-refractivity contribution in [2.45, 2.75) is 19.4 Å². The Morgan fingerprint density at radius 1 is 1.64 bits per heavy atom. The molecule has 1 amide bonds. The maximum Gasteiger partial charge on any atom is 0.284 e. The van der Waals surface area contributed by atoms with Crippen molar-refractivity contribution in [1.82, 2.24) is 5.32 Å². The zero-order valence-electron chi connectivity index (χ0n) is 7.01. The lowest BCUT2D eigenvalue weighted by Gasteiger charge is -2.23. The fraction of sp³-hybridized carbons (Fsp3) is 0.714. The minimum absolute atomic E-state index is 0.247. The molecule has 0 aliphatic carbocycles. The summed E-state index contributed by atoms with van der Waals surface area (Å²) in [5.41, 5.74) is -0.479. The van der Waals surface area contributed by atoms with E-state index in [-0.39, 0.29) is 6.29 Å². The van der Waals surface area contributed by atoms with Gasteiger partial charge in [0.1, 0.15) is 0 Å². The molecule has 0 spiro atoms. The molecule has 0 atom stereocenters. The van der Waals surface area contributed by atoms with E-state index >= 15 is 0 Å². The van der Waals surface area contributed by atoms with E-state index in [4.69, 9.17) is 4.74 Å². The lowest BCUT2D eigenvalue weighted by Crippen LogP contribution is -2.47. The van der Waals surface area contributed by atoms with Crippen molar-refractivity contribution in [3.8, 4) is 0 Å². The first-order valence-electron chi connectivity index (χ1n) is 3.28. The largest absolute Gasteiger partial charge is 0.382 e. The van der Waals surface area contributed by atoms with Crippen LogP contribution in [-0.4, -0.2) is 31.4 Å². The van der Waals surface area contributed by atoms with Crippen molar-refractivity contribution in [1.29, 1.82) is 0 Å². The summed E-state index contributed by atoms with van der Waals surface area (Å²) < 4.78 is 4.82. The third-order valence-electron chi connectivity index (χ3n) is 1.07. The van der Waals surface area contributed by atoms with Crippen LogP contribution in [0.1, 0.15) is 13.8 Å². The van der Waals surface area contributed by atoms with Crippen molar-refractivity contribution in [3.63, 3.8) is 0 Å². The van der Waals surface area contributed by atoms with E-state index in [9.17, 15) is 9.59 Å². The van der Waals surface area contributed by atoms with Crippen LogP contribution in [-0.2, 0) is 14.3 Å². The van der Waals surface area contributed by atoms with E-state index in [1.807, 2.05) is 0 Å². The molecule has 0 aromatic heterocycles. The average Bonchev–Trinajstić information content (AvgIpc) is 1.86. The Labute approximate surface area is 65.9 Å². The quantitative estimate of drug-likeness (QED) is 0.453. The summed E-state index contributed by atoms with van der Waals surface area (Å²) in [5.74, 6) is -0.618. The van der Waals surface area contributed by atoms with Crippen molar-refractivity contribution in [2.24, 2.45) is 0 Å². The number of hydrogen-bond acceptors (Lipinski definition) is 3. The Bertz CT molecular complexity index is 154. The van der Waals surface area contributed by atoms with Crippen LogP contribution in [0.15, 0.2) is 0 Å². The second kappa shape index (κ2) is 4.08. The van der Waals surface area contributed by atoms with Gasteiger partial charge in [-0.1, -0.05) is 0 Å². The molecule has 0 aromatic carbocycles. The van der Waals surface area contributed by atoms with Gasteiger partial charge >= 0.3 is 0 Å². The first kappa shape index (κ1) is 10.1. The molecule has 4 nitrogen and oxygen atoms in total. The fourth-order valence-corrected chi connectivity index (χ4v) is 0.760. The molecule has 0 bridgehead atoms. The molecule has 1 N–H and O–H groups in total. The Morgan fingerprint density at radius 3 is 2.55 bits per heavy atom. The summed E-state index contributed by atoms with van der Waals surface area (Å²) >= 11 is 0. The van der Waals surface area contributed by atoms with Crippen LogP contribution < -0.4 is 5.32 Å². The lowest BCUT2D eigenvalue weighted by atomic mass is 10.1. The highest BCUT2D eigenvalue weighted by Crippen LogP contribution is 2.00. The van der Waals surface area contributed by atoms with Crippen molar-refractivity contribution < 1.29 is 14.3 Å². The highest BCUT2D eigenvalue weighted by atomic mass is 16.5. The fourth-order valence-electron chi connectivity index (χ4n) is 0.760. The molecule has 0 fully saturated rings. The number of methoxy groups -OCH3 is 1. The van der Waals surface area contributed by atoms with E-state index < -0.39 is 11.4 Å². The molecule has 0 radical (unpaired) electrons. The molecule has 0 saturated heterocycles. The first-order valence-corrected chi connectivity index (χ1v) is 3.28. The number of hydrogen-bond donors (Lipinski definition) is 1. The molecule has 0 rings (SSSR count). The number of rotatable bonds is 4. The third kappa shape index (κ3) is 4.50. The highest BCUT2D eigenvalue weighted by molar-refractivity contribution is 6.23. The van der Waals surface area contributed by atoms with E-state index in [1.54, 1.807) is 13.8 Å². The van der Waals surface area contributed by atoms with E-state index in [2.05, 4.69) is 5.32 Å². The third-order valence-corrected chi connectivity index (χ3v) is 1.07. The van der Waals surface area contributed by atoms with Crippen LogP contribution >= 0.6 is 0 Å². The van der Waals surface area contributed by atoms with Gasteiger partial charge in [-0.25, -0.2) is 0 Å². The molecule has 0 aromatic rings. The van der Waals surface area contributed by atoms with E-state index in [0.717, 1.165) is 0 Å². The van der Waals surface area contributed by atoms with Gasteiger partial charge in [0.25, 0.3) is 5.91 Å². The summed E-state index contributed by atoms with van der Waals surface area (Å²) in [5, 5.41) is 2.47. The van der Waals surface area contributed by atoms with Crippen LogP contribution in [0.3, 0.4) is 0 Å². The van der Waals surface area contributed by atoms with Gasteiger partial charge in [0.05, 0.1) is 12.1 Å². The topological polar surface area (TPSA) is 55.4 Å². The summed E-state index contributed by atoms with van der Waals surface area (Å²) in [4.78, 5) is 20.5. The SMILES string of the molecule is COCC(C)(C)NC(=O)C=O. The van der Waals surface area contributed by atoms with Crippen molar-refractivity contribution >= 4 is 12.2 Å². The monoisotopic (exact) mass is 159 g/mol. The Hall–Kier alpha value is -0.900. The molecule has 0 heterocycles. The second-order valence-corrected chi connectivity index (χ2v) is 2.92. The molecule has 0 aliphatic heterocycles. The molecule has 11 heavy (non-hydrogen) atoms. The van der Waals surface area contributed by atoms with Gasteiger partial charge in [-0.15, -0.1) is 0 Å². The summed E-state index contributed by atoms with van der Waals surface area (Å²) in [6.07, 6.45) is 0.247. The van der Waals surface area contributed by atoms with Gasteiger partial charge in [-0.3, -0.25) is 9.59 Å². The molecular formula is C7H13NO3. The van der Waals surface area contributed by atoms with Crippen LogP contribution in [0.4, 0.5) is 0 Å². The molecule has 0 saturated carbocycles. The van der Waals surface area contributed by atoms with Crippen molar-refractivity contribution in [2.75, 3.05) is 13.7 Å². The Balaban J connectivity index is 3.89. The molecule has 0 unspecified atom stereocenters. The number of ether oxygens (including phenoxy) is 1. The second-order valence-electron chi connectivity index (χ2n) is 2.92.